The molecule has 42 heavy (non-hydrogen) atoms. The van der Waals surface area contributed by atoms with Crippen LogP contribution in [0.25, 0.3) is 5.69 Å². The summed E-state index contributed by atoms with van der Waals surface area (Å²) in [5.74, 6) is -3.10. The van der Waals surface area contributed by atoms with Crippen molar-refractivity contribution in [3.05, 3.63) is 41.6 Å². The van der Waals surface area contributed by atoms with Gasteiger partial charge in [0.05, 0.1) is 30.5 Å². The Labute approximate surface area is 241 Å². The summed E-state index contributed by atoms with van der Waals surface area (Å²) in [6.45, 7) is 4.00. The minimum atomic E-state index is -1.20. The molecule has 0 spiro atoms. The van der Waals surface area contributed by atoms with Crippen molar-refractivity contribution in [2.75, 3.05) is 46.0 Å². The number of hydrogen-bond donors (Lipinski definition) is 2. The van der Waals surface area contributed by atoms with Gasteiger partial charge in [-0.15, -0.1) is 0 Å². The lowest BCUT2D eigenvalue weighted by Gasteiger charge is -2.35. The molecule has 1 fully saturated rings. The third-order valence-corrected chi connectivity index (χ3v) is 6.14. The van der Waals surface area contributed by atoms with Gasteiger partial charge in [-0.1, -0.05) is 6.07 Å². The highest BCUT2D eigenvalue weighted by molar-refractivity contribution is 5.96. The predicted molar refractivity (Wildman–Crippen MR) is 144 cm³/mol. The number of ether oxygens (including phenoxy) is 3. The minimum absolute atomic E-state index is 0.00760. The number of carboxylic acid groups (broad SMARTS) is 1. The number of piperazine rings is 1. The van der Waals surface area contributed by atoms with Gasteiger partial charge in [0.25, 0.3) is 5.91 Å². The van der Waals surface area contributed by atoms with E-state index in [9.17, 15) is 34.3 Å². The summed E-state index contributed by atoms with van der Waals surface area (Å²) in [4.78, 5) is 64.7. The Kier molecular flexibility index (Phi) is 11.2. The SMILES string of the molecule is CCOC(=O)COc1cc(C(=O)NC(CCC(=O)O)C(=O)N2CCN(C(=O)OCC)CC2)nn1-c1cccc(C#N)c1. The first-order valence-electron chi connectivity index (χ1n) is 13.3. The number of carboxylic acids is 1. The molecule has 0 bridgehead atoms. The van der Waals surface area contributed by atoms with Crippen LogP contribution in [0.5, 0.6) is 5.88 Å². The van der Waals surface area contributed by atoms with E-state index in [1.807, 2.05) is 6.07 Å². The summed E-state index contributed by atoms with van der Waals surface area (Å²) in [6.07, 6.45) is -1.06. The first-order valence-corrected chi connectivity index (χ1v) is 13.3. The van der Waals surface area contributed by atoms with Gasteiger partial charge >= 0.3 is 18.0 Å². The largest absolute Gasteiger partial charge is 0.481 e. The van der Waals surface area contributed by atoms with Gasteiger partial charge in [-0.2, -0.15) is 10.4 Å². The zero-order valence-electron chi connectivity index (χ0n) is 23.3. The summed E-state index contributed by atoms with van der Waals surface area (Å²) in [7, 11) is 0. The number of aliphatic carboxylic acids is 1. The lowest BCUT2D eigenvalue weighted by Crippen LogP contribution is -2.56. The Hall–Kier alpha value is -5.13. The smallest absolute Gasteiger partial charge is 0.409 e. The van der Waals surface area contributed by atoms with Gasteiger partial charge in [-0.25, -0.2) is 14.3 Å². The second kappa shape index (κ2) is 15.0. The maximum Gasteiger partial charge on any atom is 0.409 e. The molecule has 15 heteroatoms. The second-order valence-electron chi connectivity index (χ2n) is 9.01. The number of carbonyl (C=O) groups is 5. The van der Waals surface area contributed by atoms with Gasteiger partial charge in [-0.05, 0) is 38.5 Å². The van der Waals surface area contributed by atoms with Crippen molar-refractivity contribution in [2.45, 2.75) is 32.7 Å². The molecule has 1 aliphatic rings. The van der Waals surface area contributed by atoms with Crippen LogP contribution in [0.15, 0.2) is 30.3 Å². The average Bonchev–Trinajstić information content (AvgIpc) is 3.42. The Morgan fingerprint density at radius 3 is 2.38 bits per heavy atom. The molecule has 1 unspecified atom stereocenters. The zero-order valence-corrected chi connectivity index (χ0v) is 23.3. The molecule has 1 aliphatic heterocycles. The van der Waals surface area contributed by atoms with Crippen LogP contribution in [-0.4, -0.2) is 107 Å². The number of aromatic nitrogens is 2. The van der Waals surface area contributed by atoms with Crippen LogP contribution in [0.2, 0.25) is 0 Å². The number of rotatable bonds is 12. The quantitative estimate of drug-likeness (QED) is 0.337. The average molecular weight is 585 g/mol. The number of carbonyl (C=O) groups excluding carboxylic acids is 4. The molecule has 1 atom stereocenters. The van der Waals surface area contributed by atoms with Gasteiger partial charge < -0.3 is 34.4 Å². The molecule has 0 radical (unpaired) electrons. The van der Waals surface area contributed by atoms with Crippen molar-refractivity contribution in [2.24, 2.45) is 0 Å². The van der Waals surface area contributed by atoms with Gasteiger partial charge in [0.1, 0.15) is 6.04 Å². The fraction of sp³-hybridized carbons (Fsp3) is 0.444. The van der Waals surface area contributed by atoms with E-state index in [1.54, 1.807) is 32.0 Å². The molecule has 3 amide bonds. The van der Waals surface area contributed by atoms with Crippen LogP contribution in [0, 0.1) is 11.3 Å². The lowest BCUT2D eigenvalue weighted by atomic mass is 10.1. The molecule has 1 saturated heterocycles. The molecule has 0 aliphatic carbocycles. The molecule has 224 valence electrons. The summed E-state index contributed by atoms with van der Waals surface area (Å²) < 4.78 is 16.6. The molecule has 3 rings (SSSR count). The van der Waals surface area contributed by atoms with Crippen molar-refractivity contribution in [3.63, 3.8) is 0 Å². The summed E-state index contributed by atoms with van der Waals surface area (Å²) in [6, 6.07) is 8.36. The van der Waals surface area contributed by atoms with E-state index in [0.717, 1.165) is 0 Å². The van der Waals surface area contributed by atoms with Gasteiger partial charge in [0, 0.05) is 38.7 Å². The highest BCUT2D eigenvalue weighted by Gasteiger charge is 2.31. The number of nitrogens with zero attached hydrogens (tertiary/aromatic N) is 5. The fourth-order valence-electron chi connectivity index (χ4n) is 4.11. The molecule has 15 nitrogen and oxygen atoms in total. The van der Waals surface area contributed by atoms with Crippen molar-refractivity contribution in [3.8, 4) is 17.6 Å². The van der Waals surface area contributed by atoms with Crippen molar-refractivity contribution >= 4 is 29.8 Å². The second-order valence-corrected chi connectivity index (χ2v) is 9.01. The summed E-state index contributed by atoms with van der Waals surface area (Å²) in [5.41, 5.74) is 0.495. The minimum Gasteiger partial charge on any atom is -0.481 e. The van der Waals surface area contributed by atoms with Gasteiger partial charge in [0.15, 0.2) is 12.3 Å². The molecule has 2 N–H and O–H groups in total. The summed E-state index contributed by atoms with van der Waals surface area (Å²) >= 11 is 0. The third kappa shape index (κ3) is 8.43. The van der Waals surface area contributed by atoms with Crippen LogP contribution in [0.1, 0.15) is 42.7 Å². The maximum absolute atomic E-state index is 13.3. The molecular formula is C27H32N6O9. The van der Waals surface area contributed by atoms with Crippen molar-refractivity contribution in [1.29, 1.82) is 5.26 Å². The van der Waals surface area contributed by atoms with Crippen LogP contribution < -0.4 is 10.1 Å². The number of amides is 3. The van der Waals surface area contributed by atoms with E-state index >= 15 is 0 Å². The molecule has 1 aromatic heterocycles. The first-order chi connectivity index (χ1) is 20.2. The normalized spacial score (nSPS) is 13.5. The Bertz CT molecular complexity index is 1340. The number of esters is 1. The molecule has 2 heterocycles. The molecule has 1 aromatic carbocycles. The van der Waals surface area contributed by atoms with E-state index < -0.39 is 42.5 Å². The van der Waals surface area contributed by atoms with E-state index in [4.69, 9.17) is 14.2 Å². The summed E-state index contributed by atoms with van der Waals surface area (Å²) in [5, 5.41) is 25.3. The topological polar surface area (TPSA) is 193 Å². The lowest BCUT2D eigenvalue weighted by molar-refractivity contribution is -0.145. The van der Waals surface area contributed by atoms with Crippen molar-refractivity contribution in [1.82, 2.24) is 24.9 Å². The van der Waals surface area contributed by atoms with Crippen molar-refractivity contribution < 1.29 is 43.3 Å². The first kappa shape index (κ1) is 31.4. The molecule has 0 saturated carbocycles. The fourth-order valence-corrected chi connectivity index (χ4v) is 4.11. The predicted octanol–water partition coefficient (Wildman–Crippen LogP) is 0.950. The molecule has 2 aromatic rings. The van der Waals surface area contributed by atoms with Crippen LogP contribution in [0.4, 0.5) is 4.79 Å². The number of nitrogens with one attached hydrogen (secondary N) is 1. The monoisotopic (exact) mass is 584 g/mol. The Balaban J connectivity index is 1.81. The molecular weight excluding hydrogens is 552 g/mol. The maximum atomic E-state index is 13.3. The van der Waals surface area contributed by atoms with Crippen LogP contribution in [0.3, 0.4) is 0 Å². The number of benzene rings is 1. The Morgan fingerprint density at radius 2 is 1.74 bits per heavy atom. The third-order valence-electron chi connectivity index (χ3n) is 6.14. The van der Waals surface area contributed by atoms with E-state index in [0.29, 0.717) is 11.3 Å². The van der Waals surface area contributed by atoms with E-state index in [2.05, 4.69) is 10.4 Å². The number of nitriles is 1. The van der Waals surface area contributed by atoms with E-state index in [1.165, 1.54) is 26.6 Å². The van der Waals surface area contributed by atoms with E-state index in [-0.39, 0.29) is 63.8 Å². The highest BCUT2D eigenvalue weighted by Crippen LogP contribution is 2.21. The van der Waals surface area contributed by atoms with Gasteiger partial charge in [-0.3, -0.25) is 14.4 Å². The zero-order chi connectivity index (χ0) is 30.6. The van der Waals surface area contributed by atoms with Crippen LogP contribution in [-0.2, 0) is 23.9 Å². The van der Waals surface area contributed by atoms with Gasteiger partial charge in [0.2, 0.25) is 11.8 Å². The standard InChI is InChI=1S/C27H32N6O9/c1-3-40-24(36)17-42-22-15-21(30-33(22)19-7-5-6-18(14-19)16-28)25(37)29-20(8-9-23(34)35)26(38)31-10-12-32(13-11-31)27(39)41-4-2/h5-7,14-15,20H,3-4,8-13,17H2,1-2H3,(H,29,37)(H,34,35). The number of hydrogen-bond acceptors (Lipinski definition) is 10. The Morgan fingerprint density at radius 1 is 1.05 bits per heavy atom. The highest BCUT2D eigenvalue weighted by atomic mass is 16.6. The van der Waals surface area contributed by atoms with Crippen LogP contribution >= 0.6 is 0 Å².